The van der Waals surface area contributed by atoms with Gasteiger partial charge in [0.1, 0.15) is 5.75 Å². The topological polar surface area (TPSA) is 54.4 Å². The van der Waals surface area contributed by atoms with Crippen molar-refractivity contribution in [1.82, 2.24) is 19.8 Å². The molecule has 1 fully saturated rings. The van der Waals surface area contributed by atoms with Crippen LogP contribution in [0.5, 0.6) is 5.75 Å². The van der Waals surface area contributed by atoms with Crippen LogP contribution in [0.25, 0.3) is 5.69 Å². The third kappa shape index (κ3) is 5.18. The normalized spacial score (nSPS) is 17.1. The van der Waals surface area contributed by atoms with Crippen LogP contribution >= 0.6 is 12.2 Å². The highest BCUT2D eigenvalue weighted by Gasteiger charge is 2.41. The fourth-order valence-corrected chi connectivity index (χ4v) is 5.59. The number of thiocarbonyl (C=S) groups is 1. The van der Waals surface area contributed by atoms with E-state index in [9.17, 15) is 0 Å². The van der Waals surface area contributed by atoms with Crippen molar-refractivity contribution in [2.24, 2.45) is 0 Å². The summed E-state index contributed by atoms with van der Waals surface area (Å²) in [7, 11) is 1.70. The predicted octanol–water partition coefficient (Wildman–Crippen LogP) is 5.97. The highest BCUT2D eigenvalue weighted by molar-refractivity contribution is 7.80. The molecule has 0 amide bonds. The van der Waals surface area contributed by atoms with E-state index >= 15 is 0 Å². The molecule has 190 valence electrons. The lowest BCUT2D eigenvalue weighted by Crippen LogP contribution is -2.31. The number of hydrogen-bond acceptors (Lipinski definition) is 4. The van der Waals surface area contributed by atoms with E-state index in [0.29, 0.717) is 0 Å². The number of hydrogen-bond donors (Lipinski definition) is 2. The van der Waals surface area contributed by atoms with Gasteiger partial charge in [-0.25, -0.2) is 0 Å². The summed E-state index contributed by atoms with van der Waals surface area (Å²) < 4.78 is 7.79. The monoisotopic (exact) mass is 511 g/mol. The van der Waals surface area contributed by atoms with Crippen LogP contribution in [0.15, 0.2) is 85.1 Å². The molecule has 0 bridgehead atoms. The Kier molecular flexibility index (Phi) is 7.42. The Bertz CT molecular complexity index is 1360. The number of nitrogens with zero attached hydrogens (tertiary/aromatic N) is 3. The van der Waals surface area contributed by atoms with Crippen molar-refractivity contribution >= 4 is 23.0 Å². The van der Waals surface area contributed by atoms with Gasteiger partial charge in [-0.15, -0.1) is 0 Å². The molecule has 0 aliphatic carbocycles. The lowest BCUT2D eigenvalue weighted by atomic mass is 9.96. The first-order valence-corrected chi connectivity index (χ1v) is 13.1. The summed E-state index contributed by atoms with van der Waals surface area (Å²) in [5.74, 6) is 0.842. The molecule has 0 unspecified atom stereocenters. The van der Waals surface area contributed by atoms with Gasteiger partial charge in [0.2, 0.25) is 0 Å². The Hall–Kier alpha value is -3.84. The maximum Gasteiger partial charge on any atom is 0.170 e. The molecule has 2 aromatic carbocycles. The van der Waals surface area contributed by atoms with Crippen LogP contribution in [0.1, 0.15) is 41.1 Å². The Labute approximate surface area is 224 Å². The van der Waals surface area contributed by atoms with Crippen LogP contribution in [0.2, 0.25) is 0 Å². The maximum absolute atomic E-state index is 5.89. The Morgan fingerprint density at radius 1 is 1.00 bits per heavy atom. The van der Waals surface area contributed by atoms with Crippen molar-refractivity contribution < 1.29 is 4.74 Å². The number of rotatable bonds is 9. The van der Waals surface area contributed by atoms with Gasteiger partial charge in [-0.3, -0.25) is 4.98 Å². The highest BCUT2D eigenvalue weighted by atomic mass is 32.1. The number of anilines is 1. The average Bonchev–Trinajstić information content (AvgIpc) is 3.42. The molecule has 1 saturated heterocycles. The molecule has 0 saturated carbocycles. The number of ether oxygens (including phenoxy) is 1. The molecule has 5 rings (SSSR count). The van der Waals surface area contributed by atoms with E-state index in [-0.39, 0.29) is 12.1 Å². The fraction of sp³-hybridized carbons (Fsp3) is 0.267. The Morgan fingerprint density at radius 3 is 2.57 bits per heavy atom. The number of methoxy groups -OCH3 is 1. The molecule has 6 nitrogen and oxygen atoms in total. The summed E-state index contributed by atoms with van der Waals surface area (Å²) in [6, 6.07) is 26.9. The number of aryl methyl sites for hydroxylation is 1. The molecule has 0 spiro atoms. The minimum Gasteiger partial charge on any atom is -0.497 e. The van der Waals surface area contributed by atoms with Crippen LogP contribution in [-0.2, 0) is 0 Å². The summed E-state index contributed by atoms with van der Waals surface area (Å²) in [6.45, 7) is 6.05. The van der Waals surface area contributed by atoms with Crippen LogP contribution in [0, 0.1) is 13.8 Å². The van der Waals surface area contributed by atoms with Crippen molar-refractivity contribution in [3.05, 3.63) is 108 Å². The molecule has 0 radical (unpaired) electrons. The highest BCUT2D eigenvalue weighted by Crippen LogP contribution is 2.41. The van der Waals surface area contributed by atoms with Gasteiger partial charge in [-0.05, 0) is 80.5 Å². The smallest absolute Gasteiger partial charge is 0.170 e. The number of pyridine rings is 1. The van der Waals surface area contributed by atoms with E-state index in [1.165, 1.54) is 17.0 Å². The SMILES string of the molecule is COc1cccc(-n2c(C)cc([C@@H]3[C@H](c4ccccn4)NC(=S)N3CCCNc3ccccc3)c2C)c1. The molecule has 2 atom stereocenters. The lowest BCUT2D eigenvalue weighted by Gasteiger charge is -2.28. The van der Waals surface area contributed by atoms with Crippen molar-refractivity contribution in [2.75, 3.05) is 25.5 Å². The first-order valence-electron chi connectivity index (χ1n) is 12.7. The molecular formula is C30H33N5OS. The summed E-state index contributed by atoms with van der Waals surface area (Å²) >= 11 is 5.89. The van der Waals surface area contributed by atoms with Gasteiger partial charge in [0.25, 0.3) is 0 Å². The number of benzene rings is 2. The van der Waals surface area contributed by atoms with Crippen LogP contribution in [0.3, 0.4) is 0 Å². The zero-order valence-electron chi connectivity index (χ0n) is 21.5. The average molecular weight is 512 g/mol. The third-order valence-electron chi connectivity index (χ3n) is 6.98. The van der Waals surface area contributed by atoms with Gasteiger partial charge >= 0.3 is 0 Å². The Morgan fingerprint density at radius 2 is 1.81 bits per heavy atom. The molecule has 4 aromatic rings. The molecular weight excluding hydrogens is 478 g/mol. The second-order valence-electron chi connectivity index (χ2n) is 9.33. The van der Waals surface area contributed by atoms with E-state index in [4.69, 9.17) is 21.9 Å². The molecule has 7 heteroatoms. The first kappa shape index (κ1) is 24.8. The quantitative estimate of drug-likeness (QED) is 0.213. The number of nitrogens with one attached hydrogen (secondary N) is 2. The van der Waals surface area contributed by atoms with Gasteiger partial charge in [0, 0.05) is 48.1 Å². The predicted molar refractivity (Wildman–Crippen MR) is 154 cm³/mol. The minimum absolute atomic E-state index is 0.0321. The van der Waals surface area contributed by atoms with Crippen molar-refractivity contribution in [3.8, 4) is 11.4 Å². The largest absolute Gasteiger partial charge is 0.497 e. The minimum atomic E-state index is -0.0324. The van der Waals surface area contributed by atoms with Gasteiger partial charge in [0.05, 0.1) is 24.9 Å². The first-order chi connectivity index (χ1) is 18.1. The molecule has 1 aliphatic rings. The standard InChI is InChI=1S/C30H33N5OS/c1-21-19-26(22(2)35(21)24-13-9-14-25(20-24)36-3)29-28(27-15-7-8-16-32-27)33-30(37)34(29)18-10-17-31-23-11-5-4-6-12-23/h4-9,11-16,19-20,28-29,31H,10,17-18H2,1-3H3,(H,33,37)/t28-,29+/m0/s1. The third-order valence-corrected chi connectivity index (χ3v) is 7.33. The van der Waals surface area contributed by atoms with E-state index < -0.39 is 0 Å². The number of para-hydroxylation sites is 1. The van der Waals surface area contributed by atoms with Crippen molar-refractivity contribution in [1.29, 1.82) is 0 Å². The lowest BCUT2D eigenvalue weighted by molar-refractivity contribution is 0.315. The fourth-order valence-electron chi connectivity index (χ4n) is 5.26. The zero-order chi connectivity index (χ0) is 25.8. The summed E-state index contributed by atoms with van der Waals surface area (Å²) in [6.07, 6.45) is 2.81. The van der Waals surface area contributed by atoms with Gasteiger partial charge in [-0.1, -0.05) is 30.3 Å². The van der Waals surface area contributed by atoms with Crippen LogP contribution < -0.4 is 15.4 Å². The molecule has 2 aromatic heterocycles. The zero-order valence-corrected chi connectivity index (χ0v) is 22.3. The molecule has 37 heavy (non-hydrogen) atoms. The second-order valence-corrected chi connectivity index (χ2v) is 9.72. The molecule has 2 N–H and O–H groups in total. The molecule has 3 heterocycles. The second kappa shape index (κ2) is 11.0. The van der Waals surface area contributed by atoms with Gasteiger partial charge in [-0.2, -0.15) is 0 Å². The van der Waals surface area contributed by atoms with Crippen LogP contribution in [0.4, 0.5) is 5.69 Å². The van der Waals surface area contributed by atoms with E-state index in [0.717, 1.165) is 47.4 Å². The van der Waals surface area contributed by atoms with Crippen LogP contribution in [-0.4, -0.2) is 39.8 Å². The van der Waals surface area contributed by atoms with E-state index in [2.05, 4.69) is 70.3 Å². The molecule has 1 aliphatic heterocycles. The van der Waals surface area contributed by atoms with Gasteiger partial charge < -0.3 is 24.8 Å². The van der Waals surface area contributed by atoms with Crippen molar-refractivity contribution in [2.45, 2.75) is 32.4 Å². The van der Waals surface area contributed by atoms with Gasteiger partial charge in [0.15, 0.2) is 5.11 Å². The van der Waals surface area contributed by atoms with E-state index in [1.807, 2.05) is 48.7 Å². The summed E-state index contributed by atoms with van der Waals surface area (Å²) in [5, 5.41) is 7.88. The number of aromatic nitrogens is 2. The summed E-state index contributed by atoms with van der Waals surface area (Å²) in [5.41, 5.74) is 6.82. The summed E-state index contributed by atoms with van der Waals surface area (Å²) in [4.78, 5) is 7.03. The van der Waals surface area contributed by atoms with E-state index in [1.54, 1.807) is 7.11 Å². The van der Waals surface area contributed by atoms with Crippen molar-refractivity contribution in [3.63, 3.8) is 0 Å². The maximum atomic E-state index is 5.89. The Balaban J connectivity index is 1.46.